The first-order valence-corrected chi connectivity index (χ1v) is 9.88. The number of hydrogen-bond acceptors (Lipinski definition) is 5. The molecule has 0 saturated heterocycles. The second-order valence-corrected chi connectivity index (χ2v) is 6.74. The zero-order valence-corrected chi connectivity index (χ0v) is 19.7. The van der Waals surface area contributed by atoms with Crippen molar-refractivity contribution in [3.8, 4) is 5.75 Å². The lowest BCUT2D eigenvalue weighted by molar-refractivity contribution is 0.145. The van der Waals surface area contributed by atoms with Crippen LogP contribution in [0.3, 0.4) is 0 Å². The van der Waals surface area contributed by atoms with Crippen LogP contribution in [0, 0.1) is 6.92 Å². The highest BCUT2D eigenvalue weighted by Crippen LogP contribution is 2.31. The number of fused-ring (bicyclic) bond motifs is 1. The van der Waals surface area contributed by atoms with Gasteiger partial charge >= 0.3 is 0 Å². The van der Waals surface area contributed by atoms with Crippen molar-refractivity contribution in [2.45, 2.75) is 39.3 Å². The minimum Gasteiger partial charge on any atom is -0.493 e. The molecule has 2 aromatic rings. The maximum absolute atomic E-state index is 5.77. The van der Waals surface area contributed by atoms with Gasteiger partial charge in [-0.3, -0.25) is 0 Å². The molecular weight excluding hydrogens is 483 g/mol. The summed E-state index contributed by atoms with van der Waals surface area (Å²) < 4.78 is 13.1. The Morgan fingerprint density at radius 3 is 2.93 bits per heavy atom. The smallest absolute Gasteiger partial charge is 0.192 e. The monoisotopic (exact) mass is 514 g/mol. The van der Waals surface area contributed by atoms with E-state index in [-0.39, 0.29) is 30.0 Å². The molecule has 9 heteroatoms. The number of aromatic nitrogens is 3. The third kappa shape index (κ3) is 6.56. The molecule has 0 bridgehead atoms. The SMILES string of the molecule is CCOCCCNC(=NCc1nnc(C)n1C)NC1CCOc2ccccc21.I. The van der Waals surface area contributed by atoms with Gasteiger partial charge in [0.1, 0.15) is 18.1 Å². The van der Waals surface area contributed by atoms with E-state index in [1.165, 1.54) is 0 Å². The van der Waals surface area contributed by atoms with Gasteiger partial charge in [0.15, 0.2) is 11.8 Å². The van der Waals surface area contributed by atoms with Crippen LogP contribution in [0.2, 0.25) is 0 Å². The van der Waals surface area contributed by atoms with Crippen molar-refractivity contribution in [3.05, 3.63) is 41.5 Å². The summed E-state index contributed by atoms with van der Waals surface area (Å²) in [5.74, 6) is 3.41. The number of guanidine groups is 1. The lowest BCUT2D eigenvalue weighted by Gasteiger charge is -2.28. The number of ether oxygens (including phenoxy) is 2. The van der Waals surface area contributed by atoms with E-state index in [0.717, 1.165) is 61.5 Å². The summed E-state index contributed by atoms with van der Waals surface area (Å²) >= 11 is 0. The third-order valence-corrected chi connectivity index (χ3v) is 4.79. The minimum atomic E-state index is 0. The van der Waals surface area contributed by atoms with Gasteiger partial charge < -0.3 is 24.7 Å². The Kier molecular flexibility index (Phi) is 9.65. The zero-order valence-electron chi connectivity index (χ0n) is 17.4. The van der Waals surface area contributed by atoms with E-state index < -0.39 is 0 Å². The second kappa shape index (κ2) is 12.0. The third-order valence-electron chi connectivity index (χ3n) is 4.79. The first kappa shape index (κ1) is 23.4. The predicted octanol–water partition coefficient (Wildman–Crippen LogP) is 2.73. The summed E-state index contributed by atoms with van der Waals surface area (Å²) in [6.45, 7) is 7.35. The van der Waals surface area contributed by atoms with Crippen molar-refractivity contribution in [1.29, 1.82) is 0 Å². The Hall–Kier alpha value is -1.88. The van der Waals surface area contributed by atoms with Gasteiger partial charge in [0.25, 0.3) is 0 Å². The zero-order chi connectivity index (χ0) is 19.8. The van der Waals surface area contributed by atoms with Gasteiger partial charge in [-0.05, 0) is 26.3 Å². The summed E-state index contributed by atoms with van der Waals surface area (Å²) in [6.07, 6.45) is 1.81. The van der Waals surface area contributed by atoms with Crippen LogP contribution in [0.1, 0.15) is 43.0 Å². The number of aliphatic imine (C=N–C) groups is 1. The number of nitrogens with zero attached hydrogens (tertiary/aromatic N) is 4. The Morgan fingerprint density at radius 2 is 2.17 bits per heavy atom. The highest BCUT2D eigenvalue weighted by Gasteiger charge is 2.22. The molecule has 0 radical (unpaired) electrons. The van der Waals surface area contributed by atoms with Crippen LogP contribution in [0.15, 0.2) is 29.3 Å². The average molecular weight is 514 g/mol. The summed E-state index contributed by atoms with van der Waals surface area (Å²) in [6, 6.07) is 8.31. The molecule has 29 heavy (non-hydrogen) atoms. The molecule has 2 N–H and O–H groups in total. The number of hydrogen-bond donors (Lipinski definition) is 2. The first-order chi connectivity index (χ1) is 13.7. The molecule has 8 nitrogen and oxygen atoms in total. The topological polar surface area (TPSA) is 85.6 Å². The first-order valence-electron chi connectivity index (χ1n) is 9.88. The maximum atomic E-state index is 5.77. The Bertz CT molecular complexity index is 795. The van der Waals surface area contributed by atoms with E-state index >= 15 is 0 Å². The quantitative estimate of drug-likeness (QED) is 0.244. The number of nitrogens with one attached hydrogen (secondary N) is 2. The van der Waals surface area contributed by atoms with Gasteiger partial charge in [-0.1, -0.05) is 18.2 Å². The lowest BCUT2D eigenvalue weighted by Crippen LogP contribution is -2.41. The van der Waals surface area contributed by atoms with E-state index in [0.29, 0.717) is 13.2 Å². The minimum absolute atomic E-state index is 0. The van der Waals surface area contributed by atoms with Gasteiger partial charge in [-0.25, -0.2) is 4.99 Å². The van der Waals surface area contributed by atoms with Gasteiger partial charge in [-0.15, -0.1) is 34.2 Å². The molecule has 0 amide bonds. The predicted molar refractivity (Wildman–Crippen MR) is 124 cm³/mol. The van der Waals surface area contributed by atoms with Gasteiger partial charge in [0.05, 0.1) is 12.6 Å². The molecule has 0 spiro atoms. The van der Waals surface area contributed by atoms with Crippen molar-refractivity contribution in [1.82, 2.24) is 25.4 Å². The fourth-order valence-corrected chi connectivity index (χ4v) is 3.07. The van der Waals surface area contributed by atoms with Crippen molar-refractivity contribution in [3.63, 3.8) is 0 Å². The van der Waals surface area contributed by atoms with Crippen molar-refractivity contribution in [2.75, 3.05) is 26.4 Å². The number of benzene rings is 1. The number of rotatable bonds is 8. The van der Waals surface area contributed by atoms with E-state index in [9.17, 15) is 0 Å². The van der Waals surface area contributed by atoms with E-state index in [2.05, 4.69) is 26.9 Å². The van der Waals surface area contributed by atoms with E-state index in [4.69, 9.17) is 14.5 Å². The molecule has 1 aliphatic rings. The van der Waals surface area contributed by atoms with E-state index in [1.54, 1.807) is 0 Å². The normalized spacial score (nSPS) is 15.8. The van der Waals surface area contributed by atoms with Crippen LogP contribution >= 0.6 is 24.0 Å². The van der Waals surface area contributed by atoms with Crippen LogP contribution in [0.25, 0.3) is 0 Å². The van der Waals surface area contributed by atoms with Gasteiger partial charge in [-0.2, -0.15) is 0 Å². The molecule has 0 saturated carbocycles. The fourth-order valence-electron chi connectivity index (χ4n) is 3.07. The van der Waals surface area contributed by atoms with Crippen LogP contribution in [-0.4, -0.2) is 47.1 Å². The van der Waals surface area contributed by atoms with Crippen LogP contribution in [0.5, 0.6) is 5.75 Å². The fraction of sp³-hybridized carbons (Fsp3) is 0.550. The van der Waals surface area contributed by atoms with Gasteiger partial charge in [0.2, 0.25) is 0 Å². The van der Waals surface area contributed by atoms with Crippen LogP contribution < -0.4 is 15.4 Å². The molecule has 3 rings (SSSR count). The number of para-hydroxylation sites is 1. The molecule has 0 fully saturated rings. The highest BCUT2D eigenvalue weighted by molar-refractivity contribution is 14.0. The summed E-state index contributed by atoms with van der Waals surface area (Å²) in [5, 5.41) is 15.3. The average Bonchev–Trinajstić information content (AvgIpc) is 3.04. The highest BCUT2D eigenvalue weighted by atomic mass is 127. The molecule has 1 aromatic carbocycles. The molecule has 160 valence electrons. The molecule has 1 aliphatic heterocycles. The van der Waals surface area contributed by atoms with Gasteiger partial charge in [0, 0.05) is 38.8 Å². The largest absolute Gasteiger partial charge is 0.493 e. The maximum Gasteiger partial charge on any atom is 0.192 e. The van der Waals surface area contributed by atoms with Crippen LogP contribution in [-0.2, 0) is 18.3 Å². The molecule has 1 aromatic heterocycles. The standard InChI is InChI=1S/C20H30N6O2.HI/c1-4-27-12-7-11-21-20(22-14-19-25-24-15(2)26(19)3)23-17-10-13-28-18-9-6-5-8-16(17)18;/h5-6,8-9,17H,4,7,10-14H2,1-3H3,(H2,21,22,23);1H. The Morgan fingerprint density at radius 1 is 1.34 bits per heavy atom. The molecule has 0 aliphatic carbocycles. The Balaban J connectivity index is 0.00000300. The second-order valence-electron chi connectivity index (χ2n) is 6.74. The van der Waals surface area contributed by atoms with Crippen LogP contribution in [0.4, 0.5) is 0 Å². The van der Waals surface area contributed by atoms with E-state index in [1.807, 2.05) is 43.7 Å². The summed E-state index contributed by atoms with van der Waals surface area (Å²) in [5.41, 5.74) is 1.16. The molecule has 1 atom stereocenters. The molecule has 2 heterocycles. The lowest BCUT2D eigenvalue weighted by atomic mass is 10.0. The summed E-state index contributed by atoms with van der Waals surface area (Å²) in [7, 11) is 1.96. The van der Waals surface area contributed by atoms with Crippen molar-refractivity contribution < 1.29 is 9.47 Å². The van der Waals surface area contributed by atoms with Crippen molar-refractivity contribution >= 4 is 29.9 Å². The molecular formula is C20H31IN6O2. The number of halogens is 1. The van der Waals surface area contributed by atoms with Crippen molar-refractivity contribution in [2.24, 2.45) is 12.0 Å². The number of aryl methyl sites for hydroxylation is 1. The Labute approximate surface area is 189 Å². The summed E-state index contributed by atoms with van der Waals surface area (Å²) in [4.78, 5) is 4.74. The molecule has 1 unspecified atom stereocenters.